The first kappa shape index (κ1) is 16.8. The molecule has 2 aliphatic rings. The summed E-state index contributed by atoms with van der Waals surface area (Å²) in [5.41, 5.74) is 3.16. The largest absolute Gasteiger partial charge is 0.341 e. The van der Waals surface area contributed by atoms with Crippen LogP contribution in [0.5, 0.6) is 0 Å². The van der Waals surface area contributed by atoms with Gasteiger partial charge in [0, 0.05) is 32.5 Å². The Balaban J connectivity index is 1.55. The van der Waals surface area contributed by atoms with Gasteiger partial charge in [-0.1, -0.05) is 17.3 Å². The quantitative estimate of drug-likeness (QED) is 0.822. The van der Waals surface area contributed by atoms with Gasteiger partial charge in [0.05, 0.1) is 17.4 Å². The Morgan fingerprint density at radius 1 is 1.19 bits per heavy atom. The highest BCUT2D eigenvalue weighted by Crippen LogP contribution is 2.33. The lowest BCUT2D eigenvalue weighted by Gasteiger charge is -2.53. The third-order valence-electron chi connectivity index (χ3n) is 5.60. The Morgan fingerprint density at radius 3 is 2.73 bits per heavy atom. The van der Waals surface area contributed by atoms with Crippen molar-refractivity contribution < 1.29 is 9.59 Å². The lowest BCUT2D eigenvalue weighted by molar-refractivity contribution is -0.134. The second-order valence-corrected chi connectivity index (χ2v) is 7.31. The van der Waals surface area contributed by atoms with Crippen LogP contribution in [-0.4, -0.2) is 62.3 Å². The number of aryl methyl sites for hydroxylation is 1. The maximum Gasteiger partial charge on any atom is 0.276 e. The van der Waals surface area contributed by atoms with Gasteiger partial charge in [-0.05, 0) is 38.0 Å². The number of benzene rings is 1. The van der Waals surface area contributed by atoms with Gasteiger partial charge in [0.25, 0.3) is 5.91 Å². The number of aromatic nitrogens is 3. The van der Waals surface area contributed by atoms with E-state index >= 15 is 0 Å². The molecule has 7 heteroatoms. The number of hydrogen-bond acceptors (Lipinski definition) is 4. The van der Waals surface area contributed by atoms with Crippen molar-refractivity contribution in [1.29, 1.82) is 0 Å². The number of carbonyl (C=O) groups is 2. The number of amides is 2. The third kappa shape index (κ3) is 2.67. The molecule has 0 bridgehead atoms. The maximum absolute atomic E-state index is 13.0. The van der Waals surface area contributed by atoms with Gasteiger partial charge in [0.2, 0.25) is 5.91 Å². The number of rotatable bonds is 2. The topological polar surface area (TPSA) is 71.3 Å². The molecule has 0 radical (unpaired) electrons. The van der Waals surface area contributed by atoms with Crippen LogP contribution in [0, 0.1) is 19.8 Å². The van der Waals surface area contributed by atoms with E-state index in [-0.39, 0.29) is 17.9 Å². The molecular formula is C19H23N5O2. The second kappa shape index (κ2) is 6.23. The molecule has 2 aliphatic heterocycles. The molecule has 2 saturated heterocycles. The van der Waals surface area contributed by atoms with E-state index in [9.17, 15) is 9.59 Å². The molecule has 0 saturated carbocycles. The fraction of sp³-hybridized carbons (Fsp3) is 0.474. The van der Waals surface area contributed by atoms with Crippen LogP contribution in [0.25, 0.3) is 5.69 Å². The summed E-state index contributed by atoms with van der Waals surface area (Å²) in [5.74, 6) is 0.471. The monoisotopic (exact) mass is 353 g/mol. The van der Waals surface area contributed by atoms with Crippen molar-refractivity contribution in [3.63, 3.8) is 0 Å². The Kier molecular flexibility index (Phi) is 4.01. The first-order valence-corrected chi connectivity index (χ1v) is 9.01. The van der Waals surface area contributed by atoms with Crippen LogP contribution in [0.2, 0.25) is 0 Å². The minimum atomic E-state index is -0.0898. The number of likely N-dealkylation sites (tertiary alicyclic amines) is 2. The van der Waals surface area contributed by atoms with Crippen LogP contribution in [0.1, 0.15) is 35.1 Å². The summed E-state index contributed by atoms with van der Waals surface area (Å²) in [6.07, 6.45) is 0.961. The zero-order chi connectivity index (χ0) is 18.4. The van der Waals surface area contributed by atoms with Crippen LogP contribution in [0.15, 0.2) is 24.3 Å². The van der Waals surface area contributed by atoms with Gasteiger partial charge in [0.15, 0.2) is 5.69 Å². The van der Waals surface area contributed by atoms with Crippen LogP contribution in [0.3, 0.4) is 0 Å². The Hall–Kier alpha value is -2.70. The summed E-state index contributed by atoms with van der Waals surface area (Å²) in [6, 6.07) is 8.05. The number of piperidine rings is 1. The Bertz CT molecular complexity index is 875. The number of nitrogens with zero attached hydrogens (tertiary/aromatic N) is 5. The summed E-state index contributed by atoms with van der Waals surface area (Å²) < 4.78 is 1.71. The van der Waals surface area contributed by atoms with Crippen molar-refractivity contribution in [2.45, 2.75) is 33.2 Å². The fourth-order valence-corrected chi connectivity index (χ4v) is 3.98. The summed E-state index contributed by atoms with van der Waals surface area (Å²) in [5, 5.41) is 8.35. The molecule has 2 fully saturated rings. The SMILES string of the molecule is CC(=O)N1CC[C@@H]2CN(C(=O)c3nnn(-c4cccc(C)c4)c3C)[C@@H]2C1. The van der Waals surface area contributed by atoms with E-state index in [0.29, 0.717) is 18.2 Å². The molecule has 0 aliphatic carbocycles. The van der Waals surface area contributed by atoms with Gasteiger partial charge in [0.1, 0.15) is 0 Å². The van der Waals surface area contributed by atoms with E-state index < -0.39 is 0 Å². The third-order valence-corrected chi connectivity index (χ3v) is 5.60. The van der Waals surface area contributed by atoms with E-state index in [1.54, 1.807) is 11.6 Å². The van der Waals surface area contributed by atoms with E-state index in [0.717, 1.165) is 36.5 Å². The highest BCUT2D eigenvalue weighted by Gasteiger charge is 2.46. The number of fused-ring (bicyclic) bond motifs is 1. The summed E-state index contributed by atoms with van der Waals surface area (Å²) >= 11 is 0. The zero-order valence-electron chi connectivity index (χ0n) is 15.3. The van der Waals surface area contributed by atoms with Crippen molar-refractivity contribution >= 4 is 11.8 Å². The van der Waals surface area contributed by atoms with Crippen LogP contribution < -0.4 is 0 Å². The lowest BCUT2D eigenvalue weighted by atomic mass is 9.82. The van der Waals surface area contributed by atoms with Crippen LogP contribution in [-0.2, 0) is 4.79 Å². The van der Waals surface area contributed by atoms with Crippen LogP contribution in [0.4, 0.5) is 0 Å². The number of hydrogen-bond donors (Lipinski definition) is 0. The highest BCUT2D eigenvalue weighted by molar-refractivity contribution is 5.94. The average Bonchev–Trinajstić information content (AvgIpc) is 2.97. The van der Waals surface area contributed by atoms with Gasteiger partial charge < -0.3 is 9.80 Å². The molecule has 2 atom stereocenters. The molecule has 4 rings (SSSR count). The van der Waals surface area contributed by atoms with Gasteiger partial charge in [-0.25, -0.2) is 4.68 Å². The molecule has 136 valence electrons. The first-order valence-electron chi connectivity index (χ1n) is 9.01. The van der Waals surface area contributed by atoms with E-state index in [1.807, 2.05) is 47.9 Å². The average molecular weight is 353 g/mol. The molecule has 0 N–H and O–H groups in total. The van der Waals surface area contributed by atoms with E-state index in [4.69, 9.17) is 0 Å². The minimum Gasteiger partial charge on any atom is -0.341 e. The molecular weight excluding hydrogens is 330 g/mol. The molecule has 2 amide bonds. The van der Waals surface area contributed by atoms with Gasteiger partial charge >= 0.3 is 0 Å². The van der Waals surface area contributed by atoms with Crippen molar-refractivity contribution in [3.05, 3.63) is 41.2 Å². The Labute approximate surface area is 152 Å². The number of carbonyl (C=O) groups excluding carboxylic acids is 2. The van der Waals surface area contributed by atoms with Crippen molar-refractivity contribution in [3.8, 4) is 5.69 Å². The smallest absolute Gasteiger partial charge is 0.276 e. The molecule has 1 aromatic heterocycles. The van der Waals surface area contributed by atoms with Gasteiger partial charge in [-0.2, -0.15) is 0 Å². The predicted molar refractivity (Wildman–Crippen MR) is 96.0 cm³/mol. The maximum atomic E-state index is 13.0. The fourth-order valence-electron chi connectivity index (χ4n) is 3.98. The highest BCUT2D eigenvalue weighted by atomic mass is 16.2. The second-order valence-electron chi connectivity index (χ2n) is 7.31. The molecule has 1 aromatic carbocycles. The Morgan fingerprint density at radius 2 is 2.00 bits per heavy atom. The van der Waals surface area contributed by atoms with Crippen molar-refractivity contribution in [1.82, 2.24) is 24.8 Å². The molecule has 0 unspecified atom stereocenters. The van der Waals surface area contributed by atoms with Crippen molar-refractivity contribution in [2.24, 2.45) is 5.92 Å². The van der Waals surface area contributed by atoms with Gasteiger partial charge in [-0.15, -0.1) is 5.10 Å². The summed E-state index contributed by atoms with van der Waals surface area (Å²) in [4.78, 5) is 28.3. The normalized spacial score (nSPS) is 22.0. The summed E-state index contributed by atoms with van der Waals surface area (Å²) in [7, 11) is 0. The lowest BCUT2D eigenvalue weighted by Crippen LogP contribution is -2.66. The first-order chi connectivity index (χ1) is 12.5. The standard InChI is InChI=1S/C19H23N5O2/c1-12-5-4-6-16(9-12)24-13(2)18(20-21-24)19(26)23-10-15-7-8-22(14(3)25)11-17(15)23/h4-6,9,15,17H,7-8,10-11H2,1-3H3/t15-,17-/m1/s1. The van der Waals surface area contributed by atoms with Crippen molar-refractivity contribution in [2.75, 3.05) is 19.6 Å². The van der Waals surface area contributed by atoms with E-state index in [1.165, 1.54) is 0 Å². The molecule has 0 spiro atoms. The van der Waals surface area contributed by atoms with E-state index in [2.05, 4.69) is 10.3 Å². The predicted octanol–water partition coefficient (Wildman–Crippen LogP) is 1.58. The molecule has 3 heterocycles. The molecule has 26 heavy (non-hydrogen) atoms. The molecule has 7 nitrogen and oxygen atoms in total. The minimum absolute atomic E-state index is 0.0734. The zero-order valence-corrected chi connectivity index (χ0v) is 15.3. The summed E-state index contributed by atoms with van der Waals surface area (Å²) in [6.45, 7) is 7.63. The van der Waals surface area contributed by atoms with Crippen LogP contribution >= 0.6 is 0 Å². The molecule has 2 aromatic rings. The van der Waals surface area contributed by atoms with Gasteiger partial charge in [-0.3, -0.25) is 9.59 Å².